The molecule has 0 bridgehead atoms. The van der Waals surface area contributed by atoms with Crippen LogP contribution < -0.4 is 0 Å². The molecule has 0 saturated carbocycles. The summed E-state index contributed by atoms with van der Waals surface area (Å²) in [7, 11) is 0. The third-order valence-corrected chi connectivity index (χ3v) is 4.63. The van der Waals surface area contributed by atoms with Crippen LogP contribution in [0.5, 0.6) is 0 Å². The van der Waals surface area contributed by atoms with Crippen LogP contribution in [0.2, 0.25) is 0 Å². The van der Waals surface area contributed by atoms with Crippen molar-refractivity contribution >= 4 is 0 Å². The van der Waals surface area contributed by atoms with Gasteiger partial charge in [0.05, 0.1) is 6.10 Å². The molecule has 3 unspecified atom stereocenters. The van der Waals surface area contributed by atoms with Gasteiger partial charge in [0, 0.05) is 25.2 Å². The minimum atomic E-state index is -0.127. The monoisotopic (exact) mass is 254 g/mol. The van der Waals surface area contributed by atoms with E-state index in [1.165, 1.54) is 51.9 Å². The van der Waals surface area contributed by atoms with Crippen LogP contribution in [0.1, 0.15) is 52.4 Å². The van der Waals surface area contributed by atoms with Crippen molar-refractivity contribution in [3.8, 4) is 0 Å². The predicted octanol–water partition coefficient (Wildman–Crippen LogP) is 2.10. The molecule has 2 aliphatic heterocycles. The number of hydrogen-bond acceptors (Lipinski definition) is 3. The van der Waals surface area contributed by atoms with E-state index in [2.05, 4.69) is 16.7 Å². The van der Waals surface area contributed by atoms with Gasteiger partial charge >= 0.3 is 0 Å². The Bertz CT molecular complexity index is 245. The van der Waals surface area contributed by atoms with Gasteiger partial charge in [0.1, 0.15) is 0 Å². The van der Waals surface area contributed by atoms with Gasteiger partial charge in [0.15, 0.2) is 0 Å². The minimum Gasteiger partial charge on any atom is -0.393 e. The van der Waals surface area contributed by atoms with Crippen LogP contribution in [-0.2, 0) is 0 Å². The molecule has 0 amide bonds. The summed E-state index contributed by atoms with van der Waals surface area (Å²) in [4.78, 5) is 5.38. The Morgan fingerprint density at radius 2 is 2.06 bits per heavy atom. The Morgan fingerprint density at radius 1 is 1.22 bits per heavy atom. The zero-order chi connectivity index (χ0) is 13.0. The highest BCUT2D eigenvalue weighted by molar-refractivity contribution is 4.88. The van der Waals surface area contributed by atoms with Crippen molar-refractivity contribution < 1.29 is 5.11 Å². The van der Waals surface area contributed by atoms with Crippen molar-refractivity contribution in [3.05, 3.63) is 0 Å². The van der Waals surface area contributed by atoms with Gasteiger partial charge in [0.25, 0.3) is 0 Å². The summed E-state index contributed by atoms with van der Waals surface area (Å²) in [6.45, 7) is 9.35. The minimum absolute atomic E-state index is 0.127. The van der Waals surface area contributed by atoms with E-state index in [9.17, 15) is 5.11 Å². The van der Waals surface area contributed by atoms with Crippen LogP contribution in [-0.4, -0.2) is 59.3 Å². The van der Waals surface area contributed by atoms with Crippen LogP contribution in [0.15, 0.2) is 0 Å². The maximum absolute atomic E-state index is 9.28. The third-order valence-electron chi connectivity index (χ3n) is 4.63. The van der Waals surface area contributed by atoms with Gasteiger partial charge in [-0.15, -0.1) is 0 Å². The second-order valence-corrected chi connectivity index (χ2v) is 6.33. The van der Waals surface area contributed by atoms with Gasteiger partial charge in [-0.3, -0.25) is 9.80 Å². The third kappa shape index (κ3) is 3.94. The Balaban J connectivity index is 1.71. The molecule has 0 aliphatic carbocycles. The van der Waals surface area contributed by atoms with Gasteiger partial charge in [-0.25, -0.2) is 0 Å². The van der Waals surface area contributed by atoms with Crippen molar-refractivity contribution in [3.63, 3.8) is 0 Å². The van der Waals surface area contributed by atoms with Gasteiger partial charge in [0.2, 0.25) is 0 Å². The molecular formula is C15H30N2O. The number of piperazine rings is 1. The van der Waals surface area contributed by atoms with Crippen LogP contribution in [0.3, 0.4) is 0 Å². The molecule has 2 aliphatic rings. The molecule has 2 heterocycles. The summed E-state index contributed by atoms with van der Waals surface area (Å²) in [5.74, 6) is 0. The van der Waals surface area contributed by atoms with Crippen molar-refractivity contribution in [2.75, 3.05) is 26.2 Å². The Morgan fingerprint density at radius 3 is 2.83 bits per heavy atom. The summed E-state index contributed by atoms with van der Waals surface area (Å²) >= 11 is 0. The summed E-state index contributed by atoms with van der Waals surface area (Å²) in [5.41, 5.74) is 0. The maximum Gasteiger partial charge on any atom is 0.0512 e. The van der Waals surface area contributed by atoms with Crippen molar-refractivity contribution in [1.82, 2.24) is 9.80 Å². The normalized spacial score (nSPS) is 32.2. The van der Waals surface area contributed by atoms with Crippen LogP contribution in [0.25, 0.3) is 0 Å². The molecule has 0 aromatic rings. The fourth-order valence-electron chi connectivity index (χ4n) is 3.48. The number of unbranched alkanes of at least 4 members (excludes halogenated alkanes) is 1. The highest BCUT2D eigenvalue weighted by atomic mass is 16.3. The second kappa shape index (κ2) is 6.88. The standard InChI is InChI=1S/C15H30N2O/c1-13-11-17-10-6-4-8-15(17)12-16(13)9-5-3-7-14(2)18/h13-15,18H,3-12H2,1-2H3. The molecule has 3 atom stereocenters. The van der Waals surface area contributed by atoms with Gasteiger partial charge in [-0.05, 0) is 59.0 Å². The van der Waals surface area contributed by atoms with Gasteiger partial charge < -0.3 is 5.11 Å². The number of hydrogen-bond donors (Lipinski definition) is 1. The van der Waals surface area contributed by atoms with E-state index in [-0.39, 0.29) is 6.10 Å². The van der Waals surface area contributed by atoms with E-state index in [0.29, 0.717) is 6.04 Å². The molecule has 3 nitrogen and oxygen atoms in total. The Labute approximate surface area is 112 Å². The molecule has 2 saturated heterocycles. The van der Waals surface area contributed by atoms with Crippen molar-refractivity contribution in [1.29, 1.82) is 0 Å². The molecular weight excluding hydrogens is 224 g/mol. The summed E-state index contributed by atoms with van der Waals surface area (Å²) in [6.07, 6.45) is 7.45. The molecule has 0 aromatic carbocycles. The maximum atomic E-state index is 9.28. The first-order chi connectivity index (χ1) is 8.66. The number of piperidine rings is 1. The summed E-state index contributed by atoms with van der Waals surface area (Å²) < 4.78 is 0. The number of aliphatic hydroxyl groups excluding tert-OH is 1. The van der Waals surface area contributed by atoms with Gasteiger partial charge in [-0.2, -0.15) is 0 Å². The first kappa shape index (κ1) is 14.3. The van der Waals surface area contributed by atoms with Crippen LogP contribution in [0.4, 0.5) is 0 Å². The number of rotatable bonds is 5. The lowest BCUT2D eigenvalue weighted by Gasteiger charge is -2.47. The second-order valence-electron chi connectivity index (χ2n) is 6.33. The number of aliphatic hydroxyl groups is 1. The van der Waals surface area contributed by atoms with E-state index in [1.807, 2.05) is 6.92 Å². The Hall–Kier alpha value is -0.120. The van der Waals surface area contributed by atoms with E-state index >= 15 is 0 Å². The number of fused-ring (bicyclic) bond motifs is 1. The molecule has 0 aromatic heterocycles. The average molecular weight is 254 g/mol. The largest absolute Gasteiger partial charge is 0.393 e. The molecule has 3 heteroatoms. The summed E-state index contributed by atoms with van der Waals surface area (Å²) in [5, 5.41) is 9.28. The lowest BCUT2D eigenvalue weighted by Crippen LogP contribution is -2.58. The van der Waals surface area contributed by atoms with E-state index in [1.54, 1.807) is 0 Å². The zero-order valence-electron chi connectivity index (χ0n) is 12.1. The molecule has 18 heavy (non-hydrogen) atoms. The number of nitrogens with zero attached hydrogens (tertiary/aromatic N) is 2. The van der Waals surface area contributed by atoms with Gasteiger partial charge in [-0.1, -0.05) is 6.42 Å². The van der Waals surface area contributed by atoms with Crippen molar-refractivity contribution in [2.24, 2.45) is 0 Å². The summed E-state index contributed by atoms with van der Waals surface area (Å²) in [6, 6.07) is 1.54. The highest BCUT2D eigenvalue weighted by Crippen LogP contribution is 2.24. The predicted molar refractivity (Wildman–Crippen MR) is 75.8 cm³/mol. The molecule has 106 valence electrons. The first-order valence-corrected chi connectivity index (χ1v) is 7.83. The molecule has 1 N–H and O–H groups in total. The topological polar surface area (TPSA) is 26.7 Å². The van der Waals surface area contributed by atoms with E-state index in [0.717, 1.165) is 18.9 Å². The van der Waals surface area contributed by atoms with Crippen molar-refractivity contribution in [2.45, 2.75) is 70.6 Å². The fourth-order valence-corrected chi connectivity index (χ4v) is 3.48. The molecule has 0 spiro atoms. The lowest BCUT2D eigenvalue weighted by atomic mass is 9.97. The highest BCUT2D eigenvalue weighted by Gasteiger charge is 2.32. The molecule has 2 fully saturated rings. The van der Waals surface area contributed by atoms with Crippen LogP contribution >= 0.6 is 0 Å². The van der Waals surface area contributed by atoms with Crippen LogP contribution in [0, 0.1) is 0 Å². The average Bonchev–Trinajstić information content (AvgIpc) is 2.34. The zero-order valence-corrected chi connectivity index (χ0v) is 12.1. The van der Waals surface area contributed by atoms with E-state index in [4.69, 9.17) is 0 Å². The van der Waals surface area contributed by atoms with E-state index < -0.39 is 0 Å². The SMILES string of the molecule is CC(O)CCCCN1CC2CCCCN2CC1C. The quantitative estimate of drug-likeness (QED) is 0.761. The fraction of sp³-hybridized carbons (Fsp3) is 1.00. The molecule has 2 rings (SSSR count). The Kier molecular flexibility index (Phi) is 5.46. The lowest BCUT2D eigenvalue weighted by molar-refractivity contribution is 0.0142. The smallest absolute Gasteiger partial charge is 0.0512 e. The molecule has 0 radical (unpaired) electrons. The first-order valence-electron chi connectivity index (χ1n) is 7.83.